The summed E-state index contributed by atoms with van der Waals surface area (Å²) < 4.78 is 23.2. The van der Waals surface area contributed by atoms with Crippen LogP contribution >= 0.6 is 11.6 Å². The number of carbonyl (C=O) groups excluding carboxylic acids is 2. The Kier molecular flexibility index (Phi) is 7.49. The molecular weight excluding hydrogens is 430 g/mol. The van der Waals surface area contributed by atoms with Crippen LogP contribution in [0.5, 0.6) is 0 Å². The van der Waals surface area contributed by atoms with Gasteiger partial charge in [-0.3, -0.25) is 9.00 Å². The first-order chi connectivity index (χ1) is 14.4. The first kappa shape index (κ1) is 22.3. The number of hydrogen-bond donors (Lipinski definition) is 0. The molecule has 1 saturated heterocycles. The van der Waals surface area contributed by atoms with Crippen molar-refractivity contribution in [3.63, 3.8) is 0 Å². The molecule has 0 radical (unpaired) electrons. The van der Waals surface area contributed by atoms with Crippen LogP contribution in [0, 0.1) is 6.92 Å². The van der Waals surface area contributed by atoms with Crippen LogP contribution in [-0.4, -0.2) is 69.5 Å². The smallest absolute Gasteiger partial charge is 0.409 e. The van der Waals surface area contributed by atoms with Crippen LogP contribution in [0.1, 0.15) is 18.4 Å². The van der Waals surface area contributed by atoms with Crippen molar-refractivity contribution in [1.82, 2.24) is 14.8 Å². The Labute approximate surface area is 182 Å². The molecule has 1 atom stereocenters. The van der Waals surface area contributed by atoms with E-state index in [1.54, 1.807) is 47.9 Å². The van der Waals surface area contributed by atoms with Crippen LogP contribution in [0.4, 0.5) is 4.79 Å². The molecule has 2 amide bonds. The van der Waals surface area contributed by atoms with E-state index in [9.17, 15) is 13.8 Å². The van der Waals surface area contributed by atoms with Gasteiger partial charge in [0.1, 0.15) is 11.5 Å². The number of ether oxygens (including phenoxy) is 1. The molecule has 3 rings (SSSR count). The van der Waals surface area contributed by atoms with E-state index < -0.39 is 10.8 Å². The Hall–Kier alpha value is -2.39. The van der Waals surface area contributed by atoms with Gasteiger partial charge in [0.05, 0.1) is 18.1 Å². The summed E-state index contributed by atoms with van der Waals surface area (Å²) in [6, 6.07) is 7.09. The fourth-order valence-electron chi connectivity index (χ4n) is 3.06. The second-order valence-electron chi connectivity index (χ2n) is 6.82. The monoisotopic (exact) mass is 453 g/mol. The van der Waals surface area contributed by atoms with E-state index in [-0.39, 0.29) is 23.5 Å². The minimum atomic E-state index is -1.42. The van der Waals surface area contributed by atoms with Gasteiger partial charge in [0.15, 0.2) is 0 Å². The molecule has 8 nitrogen and oxygen atoms in total. The number of aryl methyl sites for hydroxylation is 1. The summed E-state index contributed by atoms with van der Waals surface area (Å²) in [6.07, 6.45) is -0.369. The fourth-order valence-corrected chi connectivity index (χ4v) is 4.32. The number of hydrogen-bond acceptors (Lipinski definition) is 6. The summed E-state index contributed by atoms with van der Waals surface area (Å²) in [7, 11) is -1.42. The lowest BCUT2D eigenvalue weighted by Gasteiger charge is -2.34. The van der Waals surface area contributed by atoms with Gasteiger partial charge < -0.3 is 19.0 Å². The molecule has 0 aliphatic carbocycles. The van der Waals surface area contributed by atoms with E-state index in [0.29, 0.717) is 55.2 Å². The molecule has 0 N–H and O–H groups in total. The molecule has 1 aromatic heterocycles. The number of piperazine rings is 1. The second-order valence-corrected chi connectivity index (χ2v) is 8.72. The van der Waals surface area contributed by atoms with Crippen LogP contribution in [0.25, 0.3) is 11.5 Å². The minimum Gasteiger partial charge on any atom is -0.450 e. The lowest BCUT2D eigenvalue weighted by molar-refractivity contribution is -0.129. The number of amides is 2. The van der Waals surface area contributed by atoms with Crippen LogP contribution in [0.15, 0.2) is 28.7 Å². The molecule has 1 aliphatic heterocycles. The number of benzene rings is 1. The number of oxazole rings is 1. The average Bonchev–Trinajstić information content (AvgIpc) is 3.08. The molecule has 10 heteroatoms. The summed E-state index contributed by atoms with van der Waals surface area (Å²) in [5.74, 6) is 0.844. The van der Waals surface area contributed by atoms with Crippen molar-refractivity contribution in [3.05, 3.63) is 40.7 Å². The summed E-state index contributed by atoms with van der Waals surface area (Å²) >= 11 is 5.90. The quantitative estimate of drug-likeness (QED) is 0.667. The first-order valence-corrected chi connectivity index (χ1v) is 11.5. The van der Waals surface area contributed by atoms with E-state index in [1.165, 1.54) is 0 Å². The largest absolute Gasteiger partial charge is 0.450 e. The predicted molar refractivity (Wildman–Crippen MR) is 114 cm³/mol. The zero-order valence-corrected chi connectivity index (χ0v) is 18.5. The topological polar surface area (TPSA) is 93.0 Å². The normalized spacial score (nSPS) is 15.2. The molecule has 1 aliphatic rings. The highest BCUT2D eigenvalue weighted by Crippen LogP contribution is 2.24. The highest BCUT2D eigenvalue weighted by molar-refractivity contribution is 7.84. The molecule has 0 saturated carbocycles. The van der Waals surface area contributed by atoms with Gasteiger partial charge in [-0.1, -0.05) is 11.6 Å². The van der Waals surface area contributed by atoms with Crippen LogP contribution in [0.2, 0.25) is 5.02 Å². The SMILES string of the molecule is CCOC(=O)N1CCN(C(=O)C[S@@](=O)Cc2nc(-c3ccc(Cl)cc3)oc2C)CC1. The van der Waals surface area contributed by atoms with Gasteiger partial charge in [-0.15, -0.1) is 0 Å². The van der Waals surface area contributed by atoms with Gasteiger partial charge in [0.2, 0.25) is 11.8 Å². The Bertz CT molecular complexity index is 923. The van der Waals surface area contributed by atoms with E-state index >= 15 is 0 Å². The average molecular weight is 454 g/mol. The molecular formula is C20H24ClN3O5S. The number of halogens is 1. The molecule has 0 bridgehead atoms. The number of rotatable bonds is 6. The van der Waals surface area contributed by atoms with Crippen LogP contribution < -0.4 is 0 Å². The molecule has 0 unspecified atom stereocenters. The van der Waals surface area contributed by atoms with Gasteiger partial charge in [-0.2, -0.15) is 0 Å². The Morgan fingerprint density at radius 1 is 1.17 bits per heavy atom. The third-order valence-electron chi connectivity index (χ3n) is 4.72. The van der Waals surface area contributed by atoms with Crippen molar-refractivity contribution in [2.24, 2.45) is 0 Å². The molecule has 1 fully saturated rings. The van der Waals surface area contributed by atoms with E-state index in [0.717, 1.165) is 5.56 Å². The molecule has 2 heterocycles. The molecule has 0 spiro atoms. The molecule has 30 heavy (non-hydrogen) atoms. The Morgan fingerprint density at radius 2 is 1.80 bits per heavy atom. The first-order valence-electron chi connectivity index (χ1n) is 9.64. The second kappa shape index (κ2) is 10.1. The third-order valence-corrected chi connectivity index (χ3v) is 6.14. The third kappa shape index (κ3) is 5.60. The Morgan fingerprint density at radius 3 is 2.43 bits per heavy atom. The minimum absolute atomic E-state index is 0.0953. The number of carbonyl (C=O) groups is 2. The van der Waals surface area contributed by atoms with Gasteiger partial charge in [0, 0.05) is 47.6 Å². The Balaban J connectivity index is 1.53. The summed E-state index contributed by atoms with van der Waals surface area (Å²) in [6.45, 7) is 5.45. The van der Waals surface area contributed by atoms with E-state index in [2.05, 4.69) is 4.98 Å². The maximum Gasteiger partial charge on any atom is 0.409 e. The van der Waals surface area contributed by atoms with Gasteiger partial charge in [0.25, 0.3) is 0 Å². The van der Waals surface area contributed by atoms with Crippen molar-refractivity contribution < 1.29 is 23.0 Å². The lowest BCUT2D eigenvalue weighted by Crippen LogP contribution is -2.51. The zero-order chi connectivity index (χ0) is 21.7. The molecule has 1 aromatic carbocycles. The van der Waals surface area contributed by atoms with Crippen LogP contribution in [0.3, 0.4) is 0 Å². The molecule has 162 valence electrons. The van der Waals surface area contributed by atoms with Crippen molar-refractivity contribution in [1.29, 1.82) is 0 Å². The van der Waals surface area contributed by atoms with Gasteiger partial charge in [-0.05, 0) is 38.1 Å². The van der Waals surface area contributed by atoms with Gasteiger partial charge in [-0.25, -0.2) is 9.78 Å². The predicted octanol–water partition coefficient (Wildman–Crippen LogP) is 2.85. The highest BCUT2D eigenvalue weighted by Gasteiger charge is 2.26. The molecule has 2 aromatic rings. The summed E-state index contributed by atoms with van der Waals surface area (Å²) in [5.41, 5.74) is 1.34. The highest BCUT2D eigenvalue weighted by atomic mass is 35.5. The summed E-state index contributed by atoms with van der Waals surface area (Å²) in [4.78, 5) is 31.9. The lowest BCUT2D eigenvalue weighted by atomic mass is 10.2. The maximum atomic E-state index is 12.5. The number of aromatic nitrogens is 1. The van der Waals surface area contributed by atoms with E-state index in [1.807, 2.05) is 0 Å². The fraction of sp³-hybridized carbons (Fsp3) is 0.450. The maximum absolute atomic E-state index is 12.5. The van der Waals surface area contributed by atoms with Crippen molar-refractivity contribution >= 4 is 34.4 Å². The summed E-state index contributed by atoms with van der Waals surface area (Å²) in [5, 5.41) is 0.616. The van der Waals surface area contributed by atoms with Crippen molar-refractivity contribution in [2.45, 2.75) is 19.6 Å². The zero-order valence-electron chi connectivity index (χ0n) is 16.9. The van der Waals surface area contributed by atoms with Crippen LogP contribution in [-0.2, 0) is 26.1 Å². The van der Waals surface area contributed by atoms with E-state index in [4.69, 9.17) is 20.8 Å². The van der Waals surface area contributed by atoms with Crippen molar-refractivity contribution in [3.8, 4) is 11.5 Å². The standard InChI is InChI=1S/C20H24ClN3O5S/c1-3-28-20(26)24-10-8-23(9-11-24)18(25)13-30(27)12-17-14(2)29-19(22-17)15-4-6-16(21)7-5-15/h4-7H,3,8-13H2,1-2H3/t30-/m0/s1. The van der Waals surface area contributed by atoms with Gasteiger partial charge >= 0.3 is 6.09 Å². The number of nitrogens with zero attached hydrogens (tertiary/aromatic N) is 3. The van der Waals surface area contributed by atoms with Crippen molar-refractivity contribution in [2.75, 3.05) is 38.5 Å².